The van der Waals surface area contributed by atoms with Crippen LogP contribution in [0, 0.1) is 12.3 Å². The molecule has 0 saturated heterocycles. The van der Waals surface area contributed by atoms with Crippen molar-refractivity contribution in [3.8, 4) is 0 Å². The van der Waals surface area contributed by atoms with Gasteiger partial charge in [0.2, 0.25) is 10.0 Å². The monoisotopic (exact) mass is 370 g/mol. The van der Waals surface area contributed by atoms with Crippen LogP contribution in [-0.2, 0) is 14.8 Å². The van der Waals surface area contributed by atoms with E-state index in [9.17, 15) is 13.2 Å². The summed E-state index contributed by atoms with van der Waals surface area (Å²) in [5, 5.41) is 1.64. The Balaban J connectivity index is 0.00000441. The maximum Gasteiger partial charge on any atom is 0.349 e. The second-order valence-corrected chi connectivity index (χ2v) is 8.56. The third kappa shape index (κ3) is 4.42. The predicted octanol–water partition coefficient (Wildman–Crippen LogP) is 1.87. The van der Waals surface area contributed by atoms with E-state index in [1.54, 1.807) is 12.3 Å². The van der Waals surface area contributed by atoms with Crippen LogP contribution in [0.25, 0.3) is 0 Å². The molecule has 0 saturated carbocycles. The minimum atomic E-state index is -3.77. The first-order chi connectivity index (χ1) is 9.56. The Kier molecular flexibility index (Phi) is 7.50. The van der Waals surface area contributed by atoms with E-state index in [1.165, 1.54) is 18.5 Å². The van der Waals surface area contributed by atoms with Gasteiger partial charge in [-0.25, -0.2) is 17.5 Å². The zero-order valence-corrected chi connectivity index (χ0v) is 15.8. The highest BCUT2D eigenvalue weighted by atomic mass is 35.5. The van der Waals surface area contributed by atoms with Crippen molar-refractivity contribution < 1.29 is 17.9 Å². The molecule has 0 atom stereocenters. The fourth-order valence-corrected chi connectivity index (χ4v) is 4.91. The summed E-state index contributed by atoms with van der Waals surface area (Å²) < 4.78 is 31.4. The van der Waals surface area contributed by atoms with Crippen molar-refractivity contribution in [2.75, 3.05) is 27.2 Å². The van der Waals surface area contributed by atoms with Gasteiger partial charge in [-0.3, -0.25) is 0 Å². The number of methoxy groups -OCH3 is 1. The van der Waals surface area contributed by atoms with Gasteiger partial charge in [-0.05, 0) is 29.8 Å². The van der Waals surface area contributed by atoms with Gasteiger partial charge in [-0.15, -0.1) is 23.7 Å². The number of carbonyl (C=O) groups is 1. The number of esters is 1. The summed E-state index contributed by atoms with van der Waals surface area (Å²) in [6.45, 7) is 6.07. The van der Waals surface area contributed by atoms with E-state index in [1.807, 2.05) is 13.8 Å². The van der Waals surface area contributed by atoms with Crippen LogP contribution in [0.15, 0.2) is 10.3 Å². The fourth-order valence-electron chi connectivity index (χ4n) is 1.90. The van der Waals surface area contributed by atoms with Crippen molar-refractivity contribution in [2.45, 2.75) is 25.7 Å². The number of thiophene rings is 1. The summed E-state index contributed by atoms with van der Waals surface area (Å²) >= 11 is 1.07. The number of hydrogen-bond donors (Lipinski definition) is 1. The molecule has 1 aromatic rings. The van der Waals surface area contributed by atoms with Gasteiger partial charge in [0, 0.05) is 13.6 Å². The van der Waals surface area contributed by atoms with E-state index in [4.69, 9.17) is 5.73 Å². The molecule has 0 aliphatic rings. The maximum atomic E-state index is 12.7. The smallest absolute Gasteiger partial charge is 0.349 e. The molecule has 1 heterocycles. The Hall–Kier alpha value is -0.670. The van der Waals surface area contributed by atoms with Crippen LogP contribution in [0.3, 0.4) is 0 Å². The maximum absolute atomic E-state index is 12.7. The Morgan fingerprint density at radius 1 is 1.45 bits per heavy atom. The van der Waals surface area contributed by atoms with Gasteiger partial charge in [-0.1, -0.05) is 13.8 Å². The highest BCUT2D eigenvalue weighted by Gasteiger charge is 2.33. The lowest BCUT2D eigenvalue weighted by Gasteiger charge is -2.28. The average Bonchev–Trinajstić information content (AvgIpc) is 2.79. The molecule has 0 aromatic carbocycles. The lowest BCUT2D eigenvalue weighted by Crippen LogP contribution is -2.40. The third-order valence-corrected chi connectivity index (χ3v) is 6.36. The minimum Gasteiger partial charge on any atom is -0.465 e. The van der Waals surface area contributed by atoms with Gasteiger partial charge in [0.1, 0.15) is 9.77 Å². The Bertz CT molecular complexity index is 626. The molecule has 0 spiro atoms. The molecular formula is C13H23ClN2O4S2. The zero-order valence-electron chi connectivity index (χ0n) is 13.4. The van der Waals surface area contributed by atoms with Gasteiger partial charge in [0.15, 0.2) is 0 Å². The highest BCUT2D eigenvalue weighted by molar-refractivity contribution is 7.89. The van der Waals surface area contributed by atoms with E-state index in [0.717, 1.165) is 11.3 Å². The molecule has 0 amide bonds. The van der Waals surface area contributed by atoms with E-state index in [0.29, 0.717) is 12.1 Å². The fraction of sp³-hybridized carbons (Fsp3) is 0.615. The predicted molar refractivity (Wildman–Crippen MR) is 90.3 cm³/mol. The van der Waals surface area contributed by atoms with Crippen LogP contribution in [0.1, 0.15) is 29.1 Å². The molecule has 0 aliphatic carbocycles. The number of ether oxygens (including phenoxy) is 1. The van der Waals surface area contributed by atoms with Crippen molar-refractivity contribution in [1.29, 1.82) is 0 Å². The molecular weight excluding hydrogens is 348 g/mol. The van der Waals surface area contributed by atoms with Crippen molar-refractivity contribution in [2.24, 2.45) is 11.1 Å². The number of halogens is 1. The lowest BCUT2D eigenvalue weighted by atomic mass is 9.94. The summed E-state index contributed by atoms with van der Waals surface area (Å²) in [6, 6.07) is 0. The summed E-state index contributed by atoms with van der Waals surface area (Å²) in [4.78, 5) is 11.9. The van der Waals surface area contributed by atoms with Crippen molar-refractivity contribution >= 4 is 39.7 Å². The minimum absolute atomic E-state index is 0. The summed E-state index contributed by atoms with van der Waals surface area (Å²) in [7, 11) is -1.05. The van der Waals surface area contributed by atoms with E-state index in [2.05, 4.69) is 4.74 Å². The van der Waals surface area contributed by atoms with Gasteiger partial charge in [0.05, 0.1) is 7.11 Å². The largest absolute Gasteiger partial charge is 0.465 e. The van der Waals surface area contributed by atoms with Crippen LogP contribution < -0.4 is 5.73 Å². The first kappa shape index (κ1) is 21.3. The number of carbonyl (C=O) groups excluding carboxylic acids is 1. The van der Waals surface area contributed by atoms with Crippen molar-refractivity contribution in [3.05, 3.63) is 15.8 Å². The van der Waals surface area contributed by atoms with E-state index < -0.39 is 16.0 Å². The second-order valence-electron chi connectivity index (χ2n) is 5.70. The Labute approximate surface area is 142 Å². The Morgan fingerprint density at radius 3 is 2.45 bits per heavy atom. The van der Waals surface area contributed by atoms with Crippen LogP contribution >= 0.6 is 23.7 Å². The first-order valence-corrected chi connectivity index (χ1v) is 8.71. The topological polar surface area (TPSA) is 89.7 Å². The molecule has 9 heteroatoms. The quantitative estimate of drug-likeness (QED) is 0.772. The average molecular weight is 371 g/mol. The van der Waals surface area contributed by atoms with Gasteiger partial charge in [0.25, 0.3) is 0 Å². The van der Waals surface area contributed by atoms with Crippen LogP contribution in [0.2, 0.25) is 0 Å². The standard InChI is InChI=1S/C13H22N2O4S2.ClH/c1-9-6-20-10(12(16)19-5)11(9)21(17,18)15(4)8-13(2,3)7-14;/h6H,7-8,14H2,1-5H3;1H. The van der Waals surface area contributed by atoms with Crippen LogP contribution in [0.4, 0.5) is 0 Å². The first-order valence-electron chi connectivity index (χ1n) is 6.39. The molecule has 0 aliphatic heterocycles. The lowest BCUT2D eigenvalue weighted by molar-refractivity contribution is 0.0602. The number of nitrogens with zero attached hydrogens (tertiary/aromatic N) is 1. The molecule has 0 unspecified atom stereocenters. The molecule has 0 fully saturated rings. The van der Waals surface area contributed by atoms with Crippen molar-refractivity contribution in [3.63, 3.8) is 0 Å². The molecule has 128 valence electrons. The van der Waals surface area contributed by atoms with Gasteiger partial charge >= 0.3 is 5.97 Å². The zero-order chi connectivity index (χ0) is 16.4. The van der Waals surface area contributed by atoms with Crippen LogP contribution in [0.5, 0.6) is 0 Å². The molecule has 0 bridgehead atoms. The van der Waals surface area contributed by atoms with E-state index in [-0.39, 0.29) is 34.1 Å². The number of nitrogens with two attached hydrogens (primary N) is 1. The van der Waals surface area contributed by atoms with Gasteiger partial charge in [-0.2, -0.15) is 0 Å². The highest BCUT2D eigenvalue weighted by Crippen LogP contribution is 2.30. The SMILES string of the molecule is COC(=O)c1scc(C)c1S(=O)(=O)N(C)CC(C)(C)CN.Cl. The van der Waals surface area contributed by atoms with Crippen LogP contribution in [-0.4, -0.2) is 45.9 Å². The summed E-state index contributed by atoms with van der Waals surface area (Å²) in [6.07, 6.45) is 0. The summed E-state index contributed by atoms with van der Waals surface area (Å²) in [5.74, 6) is -0.641. The number of sulfonamides is 1. The molecule has 22 heavy (non-hydrogen) atoms. The van der Waals surface area contributed by atoms with Gasteiger partial charge < -0.3 is 10.5 Å². The second kappa shape index (κ2) is 7.74. The van der Waals surface area contributed by atoms with Crippen molar-refractivity contribution in [1.82, 2.24) is 4.31 Å². The molecule has 1 rings (SSSR count). The normalized spacial score (nSPS) is 12.1. The Morgan fingerprint density at radius 2 is 2.00 bits per heavy atom. The number of hydrogen-bond acceptors (Lipinski definition) is 6. The third-order valence-electron chi connectivity index (χ3n) is 3.16. The molecule has 1 aromatic heterocycles. The number of aryl methyl sites for hydroxylation is 1. The summed E-state index contributed by atoms with van der Waals surface area (Å²) in [5.41, 5.74) is 5.84. The van der Waals surface area contributed by atoms with E-state index >= 15 is 0 Å². The molecule has 0 radical (unpaired) electrons. The molecule has 2 N–H and O–H groups in total. The number of rotatable bonds is 6. The molecule has 6 nitrogen and oxygen atoms in total.